The summed E-state index contributed by atoms with van der Waals surface area (Å²) in [6, 6.07) is 8.44. The second kappa shape index (κ2) is 4.59. The highest BCUT2D eigenvalue weighted by Crippen LogP contribution is 2.38. The maximum absolute atomic E-state index is 9.38. The Labute approximate surface area is 121 Å². The third kappa shape index (κ3) is 2.30. The van der Waals surface area contributed by atoms with Gasteiger partial charge in [-0.15, -0.1) is 0 Å². The zero-order chi connectivity index (χ0) is 14.5. The summed E-state index contributed by atoms with van der Waals surface area (Å²) in [5.41, 5.74) is 1.77. The lowest BCUT2D eigenvalue weighted by atomic mass is 9.74. The van der Waals surface area contributed by atoms with E-state index in [0.717, 1.165) is 18.3 Å². The van der Waals surface area contributed by atoms with Gasteiger partial charge in [0.25, 0.3) is 0 Å². The first kappa shape index (κ1) is 14.1. The van der Waals surface area contributed by atoms with Gasteiger partial charge in [-0.05, 0) is 57.5 Å². The molecule has 1 saturated heterocycles. The summed E-state index contributed by atoms with van der Waals surface area (Å²) in [6.07, 6.45) is 1.66. The van der Waals surface area contributed by atoms with Crippen molar-refractivity contribution < 1.29 is 14.4 Å². The SMILES string of the molecule is CC1(C)OB(c2ccc([C@H]3C[C@H](O)C3)cc2)OC1(C)C. The van der Waals surface area contributed by atoms with Gasteiger partial charge in [0.2, 0.25) is 0 Å². The molecule has 1 N–H and O–H groups in total. The topological polar surface area (TPSA) is 38.7 Å². The first-order valence-corrected chi connectivity index (χ1v) is 7.42. The largest absolute Gasteiger partial charge is 0.494 e. The van der Waals surface area contributed by atoms with E-state index in [4.69, 9.17) is 9.31 Å². The van der Waals surface area contributed by atoms with Crippen LogP contribution in [0, 0.1) is 0 Å². The molecule has 1 aromatic rings. The fraction of sp³-hybridized carbons (Fsp3) is 0.625. The average Bonchev–Trinajstić information content (AvgIpc) is 2.55. The zero-order valence-corrected chi connectivity index (χ0v) is 12.7. The molecule has 0 unspecified atom stereocenters. The van der Waals surface area contributed by atoms with Crippen molar-refractivity contribution in [2.24, 2.45) is 0 Å². The molecule has 0 amide bonds. The number of aliphatic hydroxyl groups is 1. The number of benzene rings is 1. The van der Waals surface area contributed by atoms with Crippen molar-refractivity contribution in [2.45, 2.75) is 63.8 Å². The summed E-state index contributed by atoms with van der Waals surface area (Å²) < 4.78 is 12.1. The van der Waals surface area contributed by atoms with Gasteiger partial charge in [0.1, 0.15) is 0 Å². The summed E-state index contributed by atoms with van der Waals surface area (Å²) >= 11 is 0. The molecule has 1 aliphatic heterocycles. The molecule has 0 atom stereocenters. The molecule has 3 nitrogen and oxygen atoms in total. The lowest BCUT2D eigenvalue weighted by Crippen LogP contribution is -2.41. The normalized spacial score (nSPS) is 31.1. The molecule has 3 rings (SSSR count). The highest BCUT2D eigenvalue weighted by atomic mass is 16.7. The van der Waals surface area contributed by atoms with E-state index >= 15 is 0 Å². The van der Waals surface area contributed by atoms with Gasteiger partial charge in [-0.2, -0.15) is 0 Å². The number of hydrogen-bond acceptors (Lipinski definition) is 3. The van der Waals surface area contributed by atoms with Crippen LogP contribution >= 0.6 is 0 Å². The monoisotopic (exact) mass is 274 g/mol. The van der Waals surface area contributed by atoms with Crippen molar-refractivity contribution in [3.8, 4) is 0 Å². The van der Waals surface area contributed by atoms with Gasteiger partial charge in [-0.25, -0.2) is 0 Å². The molecule has 4 heteroatoms. The molecule has 108 valence electrons. The van der Waals surface area contributed by atoms with Crippen LogP contribution in [0.25, 0.3) is 0 Å². The minimum Gasteiger partial charge on any atom is -0.399 e. The van der Waals surface area contributed by atoms with Gasteiger partial charge in [0.15, 0.2) is 0 Å². The average molecular weight is 274 g/mol. The third-order valence-electron chi connectivity index (χ3n) is 5.05. The van der Waals surface area contributed by atoms with Gasteiger partial charge < -0.3 is 14.4 Å². The van der Waals surface area contributed by atoms with Crippen molar-refractivity contribution in [2.75, 3.05) is 0 Å². The Hall–Kier alpha value is -0.835. The van der Waals surface area contributed by atoms with E-state index in [9.17, 15) is 5.11 Å². The molecule has 2 aliphatic rings. The van der Waals surface area contributed by atoms with Crippen molar-refractivity contribution >= 4 is 12.6 Å². The van der Waals surface area contributed by atoms with Crippen LogP contribution in [0.2, 0.25) is 0 Å². The molecule has 20 heavy (non-hydrogen) atoms. The molecule has 1 aliphatic carbocycles. The summed E-state index contributed by atoms with van der Waals surface area (Å²) in [5, 5.41) is 9.38. The fourth-order valence-electron chi connectivity index (χ4n) is 2.76. The van der Waals surface area contributed by atoms with E-state index in [-0.39, 0.29) is 24.4 Å². The standard InChI is InChI=1S/C16H23BO3/c1-15(2)16(3,4)20-17(19-15)13-7-5-11(6-8-13)12-9-14(18)10-12/h5-8,12,14,18H,9-10H2,1-4H3/t12-,14-. The van der Waals surface area contributed by atoms with Crippen LogP contribution in [-0.2, 0) is 9.31 Å². The number of rotatable bonds is 2. The van der Waals surface area contributed by atoms with Gasteiger partial charge in [-0.3, -0.25) is 0 Å². The highest BCUT2D eigenvalue weighted by Gasteiger charge is 2.51. The maximum Gasteiger partial charge on any atom is 0.494 e. The molecule has 2 fully saturated rings. The predicted octanol–water partition coefficient (Wildman–Crippen LogP) is 2.22. The summed E-state index contributed by atoms with van der Waals surface area (Å²) in [6.45, 7) is 8.27. The molecule has 1 heterocycles. The highest BCUT2D eigenvalue weighted by molar-refractivity contribution is 6.62. The van der Waals surface area contributed by atoms with Crippen molar-refractivity contribution in [3.63, 3.8) is 0 Å². The minimum absolute atomic E-state index is 0.109. The maximum atomic E-state index is 9.38. The fourth-order valence-corrected chi connectivity index (χ4v) is 2.76. The van der Waals surface area contributed by atoms with E-state index in [1.165, 1.54) is 5.56 Å². The lowest BCUT2D eigenvalue weighted by molar-refractivity contribution is 0.00578. The van der Waals surface area contributed by atoms with Gasteiger partial charge in [0.05, 0.1) is 17.3 Å². The Bertz CT molecular complexity index is 473. The van der Waals surface area contributed by atoms with Crippen LogP contribution in [0.15, 0.2) is 24.3 Å². The smallest absolute Gasteiger partial charge is 0.399 e. The predicted molar refractivity (Wildman–Crippen MR) is 80.1 cm³/mol. The van der Waals surface area contributed by atoms with E-state index in [1.807, 2.05) is 0 Å². The molecule has 0 radical (unpaired) electrons. The molecular formula is C16H23BO3. The Morgan fingerprint density at radius 3 is 1.95 bits per heavy atom. The van der Waals surface area contributed by atoms with Crippen molar-refractivity contribution in [1.29, 1.82) is 0 Å². The van der Waals surface area contributed by atoms with Crippen molar-refractivity contribution in [1.82, 2.24) is 0 Å². The van der Waals surface area contributed by atoms with E-state index in [1.54, 1.807) is 0 Å². The Morgan fingerprint density at radius 2 is 1.50 bits per heavy atom. The van der Waals surface area contributed by atoms with Crippen LogP contribution in [0.1, 0.15) is 52.0 Å². The third-order valence-corrected chi connectivity index (χ3v) is 5.05. The second-order valence-electron chi connectivity index (χ2n) is 7.08. The van der Waals surface area contributed by atoms with Crippen LogP contribution in [0.4, 0.5) is 0 Å². The first-order valence-electron chi connectivity index (χ1n) is 7.42. The Balaban J connectivity index is 1.73. The lowest BCUT2D eigenvalue weighted by Gasteiger charge is -2.32. The van der Waals surface area contributed by atoms with Gasteiger partial charge in [-0.1, -0.05) is 24.3 Å². The van der Waals surface area contributed by atoms with Crippen LogP contribution in [-0.4, -0.2) is 29.5 Å². The van der Waals surface area contributed by atoms with Crippen LogP contribution in [0.5, 0.6) is 0 Å². The van der Waals surface area contributed by atoms with Gasteiger partial charge in [0, 0.05) is 0 Å². The quantitative estimate of drug-likeness (QED) is 0.840. The molecule has 1 saturated carbocycles. The second-order valence-corrected chi connectivity index (χ2v) is 7.08. The summed E-state index contributed by atoms with van der Waals surface area (Å²) in [5.74, 6) is 0.511. The summed E-state index contributed by atoms with van der Waals surface area (Å²) in [7, 11) is -0.291. The van der Waals surface area contributed by atoms with E-state index in [0.29, 0.717) is 5.92 Å². The van der Waals surface area contributed by atoms with Crippen LogP contribution < -0.4 is 5.46 Å². The Morgan fingerprint density at radius 1 is 1.00 bits per heavy atom. The van der Waals surface area contributed by atoms with Crippen molar-refractivity contribution in [3.05, 3.63) is 29.8 Å². The molecule has 1 aromatic carbocycles. The Kier molecular flexibility index (Phi) is 3.24. The number of aliphatic hydroxyl groups excluding tert-OH is 1. The minimum atomic E-state index is -0.297. The zero-order valence-electron chi connectivity index (χ0n) is 12.7. The first-order chi connectivity index (χ1) is 9.28. The van der Waals surface area contributed by atoms with E-state index in [2.05, 4.69) is 52.0 Å². The summed E-state index contributed by atoms with van der Waals surface area (Å²) in [4.78, 5) is 0. The van der Waals surface area contributed by atoms with Gasteiger partial charge >= 0.3 is 7.12 Å². The van der Waals surface area contributed by atoms with Crippen LogP contribution in [0.3, 0.4) is 0 Å². The molecule has 0 aromatic heterocycles. The molecular weight excluding hydrogens is 251 g/mol. The number of hydrogen-bond donors (Lipinski definition) is 1. The molecule has 0 bridgehead atoms. The van der Waals surface area contributed by atoms with E-state index < -0.39 is 0 Å². The molecule has 0 spiro atoms.